The number of pyridine rings is 1. The Hall–Kier alpha value is -1.29. The Kier molecular flexibility index (Phi) is 4.90. The Morgan fingerprint density at radius 3 is 2.80 bits per heavy atom. The van der Waals surface area contributed by atoms with Crippen LogP contribution in [0.2, 0.25) is 0 Å². The molecular formula is C11H19N3O. The molecule has 1 rings (SSSR count). The molecule has 1 aromatic heterocycles. The van der Waals surface area contributed by atoms with Gasteiger partial charge in [0.05, 0.1) is 6.61 Å². The van der Waals surface area contributed by atoms with Crippen LogP contribution in [0.1, 0.15) is 13.8 Å². The highest BCUT2D eigenvalue weighted by Gasteiger charge is 2.02. The van der Waals surface area contributed by atoms with Crippen molar-refractivity contribution in [3.63, 3.8) is 0 Å². The molecule has 1 atom stereocenters. The van der Waals surface area contributed by atoms with E-state index in [1.165, 1.54) is 0 Å². The van der Waals surface area contributed by atoms with Gasteiger partial charge in [0.1, 0.15) is 11.6 Å². The molecule has 0 radical (unpaired) electrons. The Labute approximate surface area is 91.1 Å². The summed E-state index contributed by atoms with van der Waals surface area (Å²) in [4.78, 5) is 4.41. The lowest BCUT2D eigenvalue weighted by molar-refractivity contribution is 0.190. The van der Waals surface area contributed by atoms with Crippen LogP contribution in [-0.2, 0) is 4.74 Å². The van der Waals surface area contributed by atoms with Crippen LogP contribution in [0, 0.1) is 0 Å². The summed E-state index contributed by atoms with van der Waals surface area (Å²) < 4.78 is 5.05. The molecule has 84 valence electrons. The molecule has 4 heteroatoms. The van der Waals surface area contributed by atoms with Crippen molar-refractivity contribution in [1.82, 2.24) is 4.98 Å². The predicted molar refractivity (Wildman–Crippen MR) is 63.4 cm³/mol. The number of ether oxygens (including phenoxy) is 1. The van der Waals surface area contributed by atoms with Crippen molar-refractivity contribution < 1.29 is 4.74 Å². The van der Waals surface area contributed by atoms with E-state index in [2.05, 4.69) is 29.5 Å². The fourth-order valence-electron chi connectivity index (χ4n) is 1.34. The summed E-state index contributed by atoms with van der Waals surface area (Å²) in [5, 5.41) is 6.44. The summed E-state index contributed by atoms with van der Waals surface area (Å²) in [6.07, 6.45) is 0. The minimum absolute atomic E-state index is 0.263. The third kappa shape index (κ3) is 4.16. The van der Waals surface area contributed by atoms with Crippen LogP contribution in [0.25, 0.3) is 0 Å². The number of aromatic nitrogens is 1. The van der Waals surface area contributed by atoms with E-state index in [-0.39, 0.29) is 6.04 Å². The minimum Gasteiger partial charge on any atom is -0.383 e. The maximum absolute atomic E-state index is 5.05. The highest BCUT2D eigenvalue weighted by atomic mass is 16.5. The lowest BCUT2D eigenvalue weighted by Crippen LogP contribution is -2.21. The number of rotatable bonds is 6. The number of hydrogen-bond acceptors (Lipinski definition) is 4. The monoisotopic (exact) mass is 209 g/mol. The van der Waals surface area contributed by atoms with Crippen LogP contribution in [-0.4, -0.2) is 31.3 Å². The normalized spacial score (nSPS) is 12.2. The van der Waals surface area contributed by atoms with Crippen LogP contribution < -0.4 is 10.6 Å². The van der Waals surface area contributed by atoms with Crippen LogP contribution >= 0.6 is 0 Å². The van der Waals surface area contributed by atoms with E-state index in [1.54, 1.807) is 7.11 Å². The molecule has 1 aromatic rings. The van der Waals surface area contributed by atoms with Gasteiger partial charge in [0.2, 0.25) is 0 Å². The van der Waals surface area contributed by atoms with E-state index < -0.39 is 0 Å². The Bertz CT molecular complexity index is 291. The second-order valence-electron chi connectivity index (χ2n) is 3.44. The zero-order valence-corrected chi connectivity index (χ0v) is 9.58. The van der Waals surface area contributed by atoms with Gasteiger partial charge in [-0.25, -0.2) is 4.98 Å². The minimum atomic E-state index is 0.263. The summed E-state index contributed by atoms with van der Waals surface area (Å²) in [6, 6.07) is 6.15. The molecule has 0 fully saturated rings. The van der Waals surface area contributed by atoms with Gasteiger partial charge in [0.15, 0.2) is 0 Å². The molecule has 0 saturated carbocycles. The number of nitrogens with zero attached hydrogens (tertiary/aromatic N) is 1. The van der Waals surface area contributed by atoms with Crippen LogP contribution in [0.4, 0.5) is 11.6 Å². The SMILES string of the molecule is CCNc1cccc(NC(C)COC)n1. The van der Waals surface area contributed by atoms with Crippen molar-refractivity contribution in [2.24, 2.45) is 0 Å². The fraction of sp³-hybridized carbons (Fsp3) is 0.545. The first-order chi connectivity index (χ1) is 7.26. The second kappa shape index (κ2) is 6.24. The first kappa shape index (κ1) is 11.8. The summed E-state index contributed by atoms with van der Waals surface area (Å²) in [6.45, 7) is 5.66. The Morgan fingerprint density at radius 1 is 1.40 bits per heavy atom. The molecule has 0 spiro atoms. The molecule has 0 aliphatic carbocycles. The average molecular weight is 209 g/mol. The molecule has 0 saturated heterocycles. The Balaban J connectivity index is 2.56. The zero-order chi connectivity index (χ0) is 11.1. The molecule has 1 unspecified atom stereocenters. The zero-order valence-electron chi connectivity index (χ0n) is 9.58. The molecule has 0 aliphatic rings. The van der Waals surface area contributed by atoms with E-state index in [4.69, 9.17) is 4.74 Å². The van der Waals surface area contributed by atoms with Gasteiger partial charge in [-0.1, -0.05) is 6.07 Å². The highest BCUT2D eigenvalue weighted by molar-refractivity contribution is 5.45. The Morgan fingerprint density at radius 2 is 2.13 bits per heavy atom. The van der Waals surface area contributed by atoms with E-state index in [9.17, 15) is 0 Å². The smallest absolute Gasteiger partial charge is 0.128 e. The van der Waals surface area contributed by atoms with Crippen molar-refractivity contribution in [2.75, 3.05) is 30.9 Å². The number of hydrogen-bond donors (Lipinski definition) is 2. The molecule has 4 nitrogen and oxygen atoms in total. The van der Waals surface area contributed by atoms with Gasteiger partial charge in [0, 0.05) is 19.7 Å². The van der Waals surface area contributed by atoms with Gasteiger partial charge in [0.25, 0.3) is 0 Å². The van der Waals surface area contributed by atoms with Crippen LogP contribution in [0.3, 0.4) is 0 Å². The molecule has 0 amide bonds. The summed E-state index contributed by atoms with van der Waals surface area (Å²) in [7, 11) is 1.70. The van der Waals surface area contributed by atoms with E-state index in [0.29, 0.717) is 6.61 Å². The topological polar surface area (TPSA) is 46.2 Å². The third-order valence-electron chi connectivity index (χ3n) is 1.92. The number of nitrogens with one attached hydrogen (secondary N) is 2. The van der Waals surface area contributed by atoms with E-state index in [0.717, 1.165) is 18.2 Å². The lowest BCUT2D eigenvalue weighted by atomic mass is 10.3. The number of anilines is 2. The fourth-order valence-corrected chi connectivity index (χ4v) is 1.34. The van der Waals surface area contributed by atoms with Crippen LogP contribution in [0.15, 0.2) is 18.2 Å². The lowest BCUT2D eigenvalue weighted by Gasteiger charge is -2.14. The average Bonchev–Trinajstić information content (AvgIpc) is 2.19. The first-order valence-electron chi connectivity index (χ1n) is 5.22. The van der Waals surface area contributed by atoms with Crippen molar-refractivity contribution in [1.29, 1.82) is 0 Å². The van der Waals surface area contributed by atoms with Crippen molar-refractivity contribution in [3.8, 4) is 0 Å². The van der Waals surface area contributed by atoms with Gasteiger partial charge >= 0.3 is 0 Å². The standard InChI is InChI=1S/C11H19N3O/c1-4-12-10-6-5-7-11(14-10)13-9(2)8-15-3/h5-7,9H,4,8H2,1-3H3,(H2,12,13,14). The van der Waals surface area contributed by atoms with Crippen molar-refractivity contribution in [3.05, 3.63) is 18.2 Å². The van der Waals surface area contributed by atoms with Crippen molar-refractivity contribution in [2.45, 2.75) is 19.9 Å². The number of methoxy groups -OCH3 is 1. The third-order valence-corrected chi connectivity index (χ3v) is 1.92. The molecule has 2 N–H and O–H groups in total. The maximum Gasteiger partial charge on any atom is 0.128 e. The summed E-state index contributed by atoms with van der Waals surface area (Å²) >= 11 is 0. The van der Waals surface area contributed by atoms with Crippen molar-refractivity contribution >= 4 is 11.6 Å². The summed E-state index contributed by atoms with van der Waals surface area (Å²) in [5.41, 5.74) is 0. The van der Waals surface area contributed by atoms with Gasteiger partial charge in [-0.15, -0.1) is 0 Å². The maximum atomic E-state index is 5.05. The van der Waals surface area contributed by atoms with Gasteiger partial charge < -0.3 is 15.4 Å². The molecule has 0 aliphatic heterocycles. The second-order valence-corrected chi connectivity index (χ2v) is 3.44. The quantitative estimate of drug-likeness (QED) is 0.752. The molecular weight excluding hydrogens is 190 g/mol. The summed E-state index contributed by atoms with van der Waals surface area (Å²) in [5.74, 6) is 1.77. The molecule has 15 heavy (non-hydrogen) atoms. The van der Waals surface area contributed by atoms with Gasteiger partial charge in [-0.3, -0.25) is 0 Å². The largest absolute Gasteiger partial charge is 0.383 e. The first-order valence-corrected chi connectivity index (χ1v) is 5.22. The molecule has 0 bridgehead atoms. The molecule has 1 heterocycles. The van der Waals surface area contributed by atoms with E-state index >= 15 is 0 Å². The predicted octanol–water partition coefficient (Wildman–Crippen LogP) is 1.96. The highest BCUT2D eigenvalue weighted by Crippen LogP contribution is 2.09. The van der Waals surface area contributed by atoms with Gasteiger partial charge in [-0.2, -0.15) is 0 Å². The van der Waals surface area contributed by atoms with E-state index in [1.807, 2.05) is 18.2 Å². The molecule has 0 aromatic carbocycles. The van der Waals surface area contributed by atoms with Crippen LogP contribution in [0.5, 0.6) is 0 Å². The van der Waals surface area contributed by atoms with Gasteiger partial charge in [-0.05, 0) is 26.0 Å².